The summed E-state index contributed by atoms with van der Waals surface area (Å²) in [6.45, 7) is 6.23. The molecule has 2 rings (SSSR count). The van der Waals surface area contributed by atoms with E-state index < -0.39 is 0 Å². The van der Waals surface area contributed by atoms with Crippen molar-refractivity contribution < 1.29 is 4.79 Å². The van der Waals surface area contributed by atoms with E-state index in [1.807, 2.05) is 6.92 Å². The molecule has 1 aliphatic rings. The van der Waals surface area contributed by atoms with Gasteiger partial charge in [-0.1, -0.05) is 36.8 Å². The van der Waals surface area contributed by atoms with E-state index in [1.54, 1.807) is 0 Å². The number of rotatable bonds is 3. The van der Waals surface area contributed by atoms with Crippen molar-refractivity contribution in [3.05, 3.63) is 35.4 Å². The van der Waals surface area contributed by atoms with E-state index in [1.165, 1.54) is 11.1 Å². The standard InChI is InChI=1S/C14H19NO/c1-9-4-6-12(7-5-9)11(3)15-14(16)13-8-10(13)2/h4-7,10-11,13H,8H2,1-3H3,(H,15,16)/t10-,11+,13-/m0/s1. The summed E-state index contributed by atoms with van der Waals surface area (Å²) in [5, 5.41) is 3.07. The number of hydrogen-bond acceptors (Lipinski definition) is 1. The normalized spacial score (nSPS) is 24.9. The molecule has 1 aliphatic carbocycles. The van der Waals surface area contributed by atoms with Gasteiger partial charge >= 0.3 is 0 Å². The SMILES string of the molecule is Cc1ccc([C@@H](C)NC(=O)[C@H]2C[C@@H]2C)cc1. The molecule has 2 heteroatoms. The monoisotopic (exact) mass is 217 g/mol. The first-order chi connectivity index (χ1) is 7.58. The molecule has 1 aromatic rings. The van der Waals surface area contributed by atoms with Crippen LogP contribution < -0.4 is 5.32 Å². The molecule has 1 aromatic carbocycles. The Kier molecular flexibility index (Phi) is 2.99. The quantitative estimate of drug-likeness (QED) is 0.828. The third kappa shape index (κ3) is 2.43. The summed E-state index contributed by atoms with van der Waals surface area (Å²) in [4.78, 5) is 11.8. The van der Waals surface area contributed by atoms with E-state index in [2.05, 4.69) is 43.4 Å². The molecule has 0 bridgehead atoms. The molecule has 1 fully saturated rings. The highest BCUT2D eigenvalue weighted by Crippen LogP contribution is 2.38. The largest absolute Gasteiger partial charge is 0.349 e. The number of hydrogen-bond donors (Lipinski definition) is 1. The van der Waals surface area contributed by atoms with Crippen LogP contribution in [0.4, 0.5) is 0 Å². The van der Waals surface area contributed by atoms with E-state index >= 15 is 0 Å². The lowest BCUT2D eigenvalue weighted by atomic mass is 10.1. The maximum absolute atomic E-state index is 11.8. The van der Waals surface area contributed by atoms with Crippen LogP contribution in [0.25, 0.3) is 0 Å². The third-order valence-corrected chi connectivity index (χ3v) is 3.38. The van der Waals surface area contributed by atoms with E-state index in [9.17, 15) is 4.79 Å². The Hall–Kier alpha value is -1.31. The molecule has 3 atom stereocenters. The van der Waals surface area contributed by atoms with E-state index in [-0.39, 0.29) is 17.9 Å². The summed E-state index contributed by atoms with van der Waals surface area (Å²) >= 11 is 0. The van der Waals surface area contributed by atoms with Gasteiger partial charge in [-0.2, -0.15) is 0 Å². The average molecular weight is 217 g/mol. The van der Waals surface area contributed by atoms with Gasteiger partial charge in [0.15, 0.2) is 0 Å². The zero-order chi connectivity index (χ0) is 11.7. The van der Waals surface area contributed by atoms with Crippen molar-refractivity contribution in [1.82, 2.24) is 5.32 Å². The van der Waals surface area contributed by atoms with Crippen LogP contribution in [-0.4, -0.2) is 5.91 Å². The van der Waals surface area contributed by atoms with E-state index in [0.717, 1.165) is 6.42 Å². The molecule has 86 valence electrons. The van der Waals surface area contributed by atoms with Gasteiger partial charge < -0.3 is 5.32 Å². The minimum Gasteiger partial charge on any atom is -0.349 e. The highest BCUT2D eigenvalue weighted by atomic mass is 16.2. The smallest absolute Gasteiger partial charge is 0.223 e. The number of carbonyl (C=O) groups is 1. The lowest BCUT2D eigenvalue weighted by molar-refractivity contribution is -0.123. The zero-order valence-corrected chi connectivity index (χ0v) is 10.2. The molecule has 0 radical (unpaired) electrons. The summed E-state index contributed by atoms with van der Waals surface area (Å²) < 4.78 is 0. The van der Waals surface area contributed by atoms with Gasteiger partial charge in [-0.05, 0) is 31.7 Å². The fourth-order valence-electron chi connectivity index (χ4n) is 1.95. The number of amides is 1. The van der Waals surface area contributed by atoms with E-state index in [0.29, 0.717) is 5.92 Å². The van der Waals surface area contributed by atoms with Crippen molar-refractivity contribution >= 4 is 5.91 Å². The second-order valence-electron chi connectivity index (χ2n) is 4.96. The van der Waals surface area contributed by atoms with Crippen LogP contribution in [0.15, 0.2) is 24.3 Å². The van der Waals surface area contributed by atoms with Gasteiger partial charge in [0.05, 0.1) is 6.04 Å². The Morgan fingerprint density at radius 2 is 1.94 bits per heavy atom. The molecular weight excluding hydrogens is 198 g/mol. The Bertz CT molecular complexity index is 382. The first-order valence-electron chi connectivity index (χ1n) is 5.95. The average Bonchev–Trinajstić information content (AvgIpc) is 2.96. The van der Waals surface area contributed by atoms with Crippen molar-refractivity contribution in [1.29, 1.82) is 0 Å². The van der Waals surface area contributed by atoms with Gasteiger partial charge in [-0.25, -0.2) is 0 Å². The van der Waals surface area contributed by atoms with Crippen molar-refractivity contribution in [2.75, 3.05) is 0 Å². The molecule has 0 saturated heterocycles. The fourth-order valence-corrected chi connectivity index (χ4v) is 1.95. The van der Waals surface area contributed by atoms with Crippen molar-refractivity contribution in [3.63, 3.8) is 0 Å². The summed E-state index contributed by atoms with van der Waals surface area (Å²) in [5.41, 5.74) is 2.42. The molecule has 2 nitrogen and oxygen atoms in total. The molecule has 0 spiro atoms. The van der Waals surface area contributed by atoms with Gasteiger partial charge in [0.1, 0.15) is 0 Å². The van der Waals surface area contributed by atoms with Gasteiger partial charge in [-0.15, -0.1) is 0 Å². The molecule has 0 unspecified atom stereocenters. The molecule has 0 heterocycles. The van der Waals surface area contributed by atoms with Crippen LogP contribution in [0.2, 0.25) is 0 Å². The minimum absolute atomic E-state index is 0.112. The minimum atomic E-state index is 0.112. The molecular formula is C14H19NO. The Morgan fingerprint density at radius 1 is 1.38 bits per heavy atom. The Labute approximate surface area is 97.1 Å². The Balaban J connectivity index is 1.94. The summed E-state index contributed by atoms with van der Waals surface area (Å²) in [6, 6.07) is 8.43. The van der Waals surface area contributed by atoms with Crippen molar-refractivity contribution in [2.24, 2.45) is 11.8 Å². The van der Waals surface area contributed by atoms with Crippen LogP contribution in [-0.2, 0) is 4.79 Å². The molecule has 0 aliphatic heterocycles. The second kappa shape index (κ2) is 4.28. The number of aryl methyl sites for hydroxylation is 1. The van der Waals surface area contributed by atoms with Gasteiger partial charge in [0.25, 0.3) is 0 Å². The van der Waals surface area contributed by atoms with Crippen LogP contribution in [0.1, 0.15) is 37.4 Å². The fraction of sp³-hybridized carbons (Fsp3) is 0.500. The van der Waals surface area contributed by atoms with E-state index in [4.69, 9.17) is 0 Å². The number of nitrogens with one attached hydrogen (secondary N) is 1. The predicted octanol–water partition coefficient (Wildman–Crippen LogP) is 2.83. The highest BCUT2D eigenvalue weighted by molar-refractivity contribution is 5.81. The number of benzene rings is 1. The summed E-state index contributed by atoms with van der Waals surface area (Å²) in [6.07, 6.45) is 1.05. The number of carbonyl (C=O) groups excluding carboxylic acids is 1. The second-order valence-corrected chi connectivity index (χ2v) is 4.96. The third-order valence-electron chi connectivity index (χ3n) is 3.38. The maximum atomic E-state index is 11.8. The predicted molar refractivity (Wildman–Crippen MR) is 65.0 cm³/mol. The first-order valence-corrected chi connectivity index (χ1v) is 5.95. The lowest BCUT2D eigenvalue weighted by Crippen LogP contribution is -2.28. The van der Waals surface area contributed by atoms with Gasteiger partial charge in [0.2, 0.25) is 5.91 Å². The van der Waals surface area contributed by atoms with Crippen LogP contribution in [0.5, 0.6) is 0 Å². The molecule has 1 saturated carbocycles. The highest BCUT2D eigenvalue weighted by Gasteiger charge is 2.39. The zero-order valence-electron chi connectivity index (χ0n) is 10.2. The summed E-state index contributed by atoms with van der Waals surface area (Å²) in [7, 11) is 0. The topological polar surface area (TPSA) is 29.1 Å². The van der Waals surface area contributed by atoms with Crippen LogP contribution >= 0.6 is 0 Å². The molecule has 1 amide bonds. The van der Waals surface area contributed by atoms with Crippen LogP contribution in [0.3, 0.4) is 0 Å². The molecule has 16 heavy (non-hydrogen) atoms. The van der Waals surface area contributed by atoms with Gasteiger partial charge in [-0.3, -0.25) is 4.79 Å². The van der Waals surface area contributed by atoms with Crippen LogP contribution in [0, 0.1) is 18.8 Å². The molecule has 1 N–H and O–H groups in total. The lowest BCUT2D eigenvalue weighted by Gasteiger charge is -2.14. The molecule has 0 aromatic heterocycles. The van der Waals surface area contributed by atoms with Gasteiger partial charge in [0, 0.05) is 5.92 Å². The first kappa shape index (κ1) is 11.2. The van der Waals surface area contributed by atoms with Crippen molar-refractivity contribution in [3.8, 4) is 0 Å². The van der Waals surface area contributed by atoms with Crippen molar-refractivity contribution in [2.45, 2.75) is 33.2 Å². The Morgan fingerprint density at radius 3 is 2.44 bits per heavy atom. The summed E-state index contributed by atoms with van der Waals surface area (Å²) in [5.74, 6) is 1.04. The maximum Gasteiger partial charge on any atom is 0.223 e.